The van der Waals surface area contributed by atoms with Crippen molar-refractivity contribution >= 4 is 34.1 Å². The number of amides is 1. The van der Waals surface area contributed by atoms with Crippen molar-refractivity contribution in [1.82, 2.24) is 4.98 Å². The molecule has 0 atom stereocenters. The molecule has 0 aliphatic rings. The summed E-state index contributed by atoms with van der Waals surface area (Å²) in [6.45, 7) is 3.55. The van der Waals surface area contributed by atoms with Crippen LogP contribution in [0.4, 0.5) is 5.13 Å². The summed E-state index contributed by atoms with van der Waals surface area (Å²) in [6, 6.07) is 0. The number of oxime groups is 1. The first-order valence-electron chi connectivity index (χ1n) is 5.45. The number of nitrogens with zero attached hydrogens (tertiary/aromatic N) is 2. The van der Waals surface area contributed by atoms with Crippen molar-refractivity contribution in [3.05, 3.63) is 11.1 Å². The highest BCUT2D eigenvalue weighted by molar-refractivity contribution is 7.14. The summed E-state index contributed by atoms with van der Waals surface area (Å²) in [7, 11) is 2.55. The van der Waals surface area contributed by atoms with E-state index in [1.165, 1.54) is 25.6 Å². The van der Waals surface area contributed by atoms with Crippen molar-refractivity contribution < 1.29 is 19.2 Å². The molecule has 0 saturated heterocycles. The van der Waals surface area contributed by atoms with E-state index in [2.05, 4.69) is 25.0 Å². The van der Waals surface area contributed by atoms with Crippen LogP contribution in [-0.4, -0.2) is 36.8 Å². The Morgan fingerprint density at radius 1 is 1.42 bits per heavy atom. The van der Waals surface area contributed by atoms with Gasteiger partial charge in [-0.25, -0.2) is 9.78 Å². The van der Waals surface area contributed by atoms with Gasteiger partial charge in [-0.15, -0.1) is 11.3 Å². The van der Waals surface area contributed by atoms with E-state index >= 15 is 0 Å². The maximum atomic E-state index is 11.5. The van der Waals surface area contributed by atoms with Gasteiger partial charge in [0.15, 0.2) is 5.13 Å². The lowest BCUT2D eigenvalue weighted by atomic mass is 10.2. The zero-order chi connectivity index (χ0) is 14.4. The Balaban J connectivity index is 2.91. The highest BCUT2D eigenvalue weighted by atomic mass is 32.1. The molecule has 8 heteroatoms. The fourth-order valence-corrected chi connectivity index (χ4v) is 1.76. The molecule has 1 aromatic rings. The van der Waals surface area contributed by atoms with Crippen LogP contribution < -0.4 is 5.32 Å². The number of nitrogens with one attached hydrogen (secondary N) is 1. The molecular formula is C11H15N3O4S. The third kappa shape index (κ3) is 4.02. The molecule has 0 spiro atoms. The molecule has 0 aliphatic heterocycles. The van der Waals surface area contributed by atoms with E-state index in [0.29, 0.717) is 5.13 Å². The zero-order valence-corrected chi connectivity index (χ0v) is 11.9. The van der Waals surface area contributed by atoms with Crippen LogP contribution in [0.2, 0.25) is 0 Å². The third-order valence-electron chi connectivity index (χ3n) is 2.06. The molecule has 1 rings (SSSR count). The standard InChI is InChI=1S/C11H15N3O4S/c1-6(2)9(15)13-11-12-7(5-19-11)8(14-18-4)10(16)17-3/h5-6H,1-4H3,(H,12,13,15). The van der Waals surface area contributed by atoms with Gasteiger partial charge in [-0.3, -0.25) is 4.79 Å². The maximum absolute atomic E-state index is 11.5. The van der Waals surface area contributed by atoms with E-state index in [0.717, 1.165) is 0 Å². The normalized spacial score (nSPS) is 11.3. The maximum Gasteiger partial charge on any atom is 0.362 e. The molecule has 1 aromatic heterocycles. The SMILES string of the molecule is CON=C(C(=O)OC)c1csc(NC(=O)C(C)C)n1. The van der Waals surface area contributed by atoms with Gasteiger partial charge in [-0.1, -0.05) is 19.0 Å². The van der Waals surface area contributed by atoms with Crippen molar-refractivity contribution in [2.45, 2.75) is 13.8 Å². The van der Waals surface area contributed by atoms with E-state index < -0.39 is 5.97 Å². The number of carbonyl (C=O) groups is 2. The average Bonchev–Trinajstić information content (AvgIpc) is 2.83. The van der Waals surface area contributed by atoms with Crippen LogP contribution in [0.5, 0.6) is 0 Å². The van der Waals surface area contributed by atoms with Crippen molar-refractivity contribution in [2.75, 3.05) is 19.5 Å². The lowest BCUT2D eigenvalue weighted by Gasteiger charge is -2.03. The average molecular weight is 285 g/mol. The minimum absolute atomic E-state index is 0.0497. The first kappa shape index (κ1) is 15.1. The molecule has 0 fully saturated rings. The largest absolute Gasteiger partial charge is 0.464 e. The van der Waals surface area contributed by atoms with Crippen molar-refractivity contribution in [1.29, 1.82) is 0 Å². The summed E-state index contributed by atoms with van der Waals surface area (Å²) in [5.74, 6) is -0.960. The number of carbonyl (C=O) groups excluding carboxylic acids is 2. The Kier molecular flexibility index (Phi) is 5.43. The molecule has 1 amide bonds. The molecule has 1 heterocycles. The molecule has 0 aliphatic carbocycles. The van der Waals surface area contributed by atoms with Crippen LogP contribution in [0.15, 0.2) is 10.5 Å². The highest BCUT2D eigenvalue weighted by Crippen LogP contribution is 2.17. The zero-order valence-electron chi connectivity index (χ0n) is 11.1. The van der Waals surface area contributed by atoms with Gasteiger partial charge in [0.2, 0.25) is 11.6 Å². The summed E-state index contributed by atoms with van der Waals surface area (Å²) < 4.78 is 4.58. The predicted octanol–water partition coefficient (Wildman–Crippen LogP) is 1.26. The van der Waals surface area contributed by atoms with Crippen LogP contribution >= 0.6 is 11.3 Å². The van der Waals surface area contributed by atoms with E-state index in [1.54, 1.807) is 19.2 Å². The van der Waals surface area contributed by atoms with Gasteiger partial charge in [0.1, 0.15) is 12.8 Å². The number of methoxy groups -OCH3 is 1. The fraction of sp³-hybridized carbons (Fsp3) is 0.455. The Morgan fingerprint density at radius 3 is 2.63 bits per heavy atom. The van der Waals surface area contributed by atoms with Gasteiger partial charge in [0, 0.05) is 11.3 Å². The number of ether oxygens (including phenoxy) is 1. The fourth-order valence-electron chi connectivity index (χ4n) is 1.07. The highest BCUT2D eigenvalue weighted by Gasteiger charge is 2.20. The predicted molar refractivity (Wildman–Crippen MR) is 71.1 cm³/mol. The summed E-state index contributed by atoms with van der Waals surface area (Å²) in [5, 5.41) is 8.18. The Morgan fingerprint density at radius 2 is 2.11 bits per heavy atom. The van der Waals surface area contributed by atoms with Crippen LogP contribution in [0.25, 0.3) is 0 Å². The first-order valence-corrected chi connectivity index (χ1v) is 6.33. The van der Waals surface area contributed by atoms with E-state index in [9.17, 15) is 9.59 Å². The second kappa shape index (κ2) is 6.83. The number of anilines is 1. The first-order chi connectivity index (χ1) is 8.99. The van der Waals surface area contributed by atoms with Gasteiger partial charge in [-0.2, -0.15) is 0 Å². The monoisotopic (exact) mass is 285 g/mol. The number of hydrogen-bond acceptors (Lipinski definition) is 7. The lowest BCUT2D eigenvalue weighted by molar-refractivity contribution is -0.132. The lowest BCUT2D eigenvalue weighted by Crippen LogP contribution is -2.19. The van der Waals surface area contributed by atoms with Crippen molar-refractivity contribution in [2.24, 2.45) is 11.1 Å². The van der Waals surface area contributed by atoms with Crippen LogP contribution in [0.1, 0.15) is 19.5 Å². The van der Waals surface area contributed by atoms with Crippen molar-refractivity contribution in [3.63, 3.8) is 0 Å². The second-order valence-electron chi connectivity index (χ2n) is 3.80. The topological polar surface area (TPSA) is 89.9 Å². The summed E-state index contributed by atoms with van der Waals surface area (Å²) in [6.07, 6.45) is 0. The van der Waals surface area contributed by atoms with Gasteiger partial charge < -0.3 is 14.9 Å². The number of esters is 1. The molecule has 0 aromatic carbocycles. The quantitative estimate of drug-likeness (QED) is 0.499. The van der Waals surface area contributed by atoms with E-state index in [4.69, 9.17) is 0 Å². The Hall–Kier alpha value is -1.96. The Labute approximate surface area is 114 Å². The van der Waals surface area contributed by atoms with Gasteiger partial charge in [0.05, 0.1) is 7.11 Å². The number of aromatic nitrogens is 1. The van der Waals surface area contributed by atoms with Gasteiger partial charge in [-0.05, 0) is 0 Å². The van der Waals surface area contributed by atoms with Gasteiger partial charge in [0.25, 0.3) is 0 Å². The van der Waals surface area contributed by atoms with Crippen molar-refractivity contribution in [3.8, 4) is 0 Å². The molecule has 104 valence electrons. The minimum atomic E-state index is -0.658. The molecule has 0 bridgehead atoms. The second-order valence-corrected chi connectivity index (χ2v) is 4.65. The van der Waals surface area contributed by atoms with E-state index in [1.807, 2.05) is 0 Å². The minimum Gasteiger partial charge on any atom is -0.464 e. The van der Waals surface area contributed by atoms with Crippen LogP contribution in [0, 0.1) is 5.92 Å². The molecule has 19 heavy (non-hydrogen) atoms. The molecular weight excluding hydrogens is 270 g/mol. The van der Waals surface area contributed by atoms with Crippen LogP contribution in [0.3, 0.4) is 0 Å². The molecule has 0 saturated carbocycles. The molecule has 7 nitrogen and oxygen atoms in total. The molecule has 0 radical (unpaired) electrons. The number of thiazole rings is 1. The summed E-state index contributed by atoms with van der Waals surface area (Å²) >= 11 is 1.19. The summed E-state index contributed by atoms with van der Waals surface area (Å²) in [4.78, 5) is 31.7. The third-order valence-corrected chi connectivity index (χ3v) is 2.82. The van der Waals surface area contributed by atoms with E-state index in [-0.39, 0.29) is 23.2 Å². The molecule has 1 N–H and O–H groups in total. The smallest absolute Gasteiger partial charge is 0.362 e. The summed E-state index contributed by atoms with van der Waals surface area (Å²) in [5.41, 5.74) is 0.240. The van der Waals surface area contributed by atoms with Gasteiger partial charge >= 0.3 is 5.97 Å². The number of rotatable bonds is 5. The van der Waals surface area contributed by atoms with Crippen LogP contribution in [-0.2, 0) is 19.2 Å². The molecule has 0 unspecified atom stereocenters. The Bertz CT molecular complexity index is 496. The number of hydrogen-bond donors (Lipinski definition) is 1.